The van der Waals surface area contributed by atoms with Crippen LogP contribution in [0.1, 0.15) is 31.6 Å². The lowest BCUT2D eigenvalue weighted by Gasteiger charge is -2.06. The molecule has 0 saturated heterocycles. The highest BCUT2D eigenvalue weighted by Gasteiger charge is 2.14. The van der Waals surface area contributed by atoms with Crippen molar-refractivity contribution in [1.29, 1.82) is 0 Å². The molecule has 2 rings (SSSR count). The Labute approximate surface area is 104 Å². The highest BCUT2D eigenvalue weighted by Crippen LogP contribution is 2.24. The lowest BCUT2D eigenvalue weighted by atomic mass is 10.1. The molecule has 0 spiro atoms. The van der Waals surface area contributed by atoms with E-state index in [9.17, 15) is 8.78 Å². The van der Waals surface area contributed by atoms with Crippen LogP contribution in [0.25, 0.3) is 11.3 Å². The predicted molar refractivity (Wildman–Crippen MR) is 65.8 cm³/mol. The zero-order chi connectivity index (χ0) is 13.1. The second-order valence-corrected chi connectivity index (χ2v) is 4.18. The van der Waals surface area contributed by atoms with Crippen LogP contribution in [0.15, 0.2) is 24.4 Å². The van der Waals surface area contributed by atoms with Gasteiger partial charge in [0.1, 0.15) is 5.82 Å². The first-order valence-electron chi connectivity index (χ1n) is 5.88. The number of rotatable bonds is 4. The van der Waals surface area contributed by atoms with Crippen LogP contribution in [0, 0.1) is 11.6 Å². The minimum absolute atomic E-state index is 0.164. The lowest BCUT2D eigenvalue weighted by Crippen LogP contribution is -2.11. The molecule has 1 atom stereocenters. The number of imidazole rings is 1. The quantitative estimate of drug-likeness (QED) is 0.877. The topological polar surface area (TPSA) is 54.7 Å². The van der Waals surface area contributed by atoms with E-state index in [-0.39, 0.29) is 11.6 Å². The molecular formula is C13H15F2N3. The van der Waals surface area contributed by atoms with Gasteiger partial charge in [-0.2, -0.15) is 0 Å². The van der Waals surface area contributed by atoms with E-state index in [0.717, 1.165) is 18.9 Å². The van der Waals surface area contributed by atoms with Crippen molar-refractivity contribution in [3.63, 3.8) is 0 Å². The Morgan fingerprint density at radius 2 is 2.17 bits per heavy atom. The summed E-state index contributed by atoms with van der Waals surface area (Å²) in [7, 11) is 0. The van der Waals surface area contributed by atoms with Gasteiger partial charge in [-0.15, -0.1) is 0 Å². The summed E-state index contributed by atoms with van der Waals surface area (Å²) >= 11 is 0. The SMILES string of the molecule is CCCC(N)c1ncc(-c2cccc(F)c2F)[nH]1. The fourth-order valence-electron chi connectivity index (χ4n) is 1.82. The Kier molecular flexibility index (Phi) is 3.72. The molecule has 0 amide bonds. The second kappa shape index (κ2) is 5.27. The number of hydrogen-bond acceptors (Lipinski definition) is 2. The van der Waals surface area contributed by atoms with Gasteiger partial charge < -0.3 is 10.7 Å². The first-order valence-corrected chi connectivity index (χ1v) is 5.88. The van der Waals surface area contributed by atoms with Crippen molar-refractivity contribution in [3.05, 3.63) is 41.9 Å². The monoisotopic (exact) mass is 251 g/mol. The maximum absolute atomic E-state index is 13.6. The summed E-state index contributed by atoms with van der Waals surface area (Å²) in [5, 5.41) is 0. The fourth-order valence-corrected chi connectivity index (χ4v) is 1.82. The number of aromatic amines is 1. The molecule has 18 heavy (non-hydrogen) atoms. The third kappa shape index (κ3) is 2.41. The molecule has 1 heterocycles. The summed E-state index contributed by atoms with van der Waals surface area (Å²) in [6, 6.07) is 3.83. The van der Waals surface area contributed by atoms with Crippen molar-refractivity contribution in [2.24, 2.45) is 5.73 Å². The molecule has 5 heteroatoms. The third-order valence-corrected chi connectivity index (χ3v) is 2.79. The van der Waals surface area contributed by atoms with Gasteiger partial charge in [-0.3, -0.25) is 0 Å². The number of halogens is 2. The van der Waals surface area contributed by atoms with E-state index >= 15 is 0 Å². The number of nitrogens with one attached hydrogen (secondary N) is 1. The highest BCUT2D eigenvalue weighted by molar-refractivity contribution is 5.59. The molecule has 3 nitrogen and oxygen atoms in total. The molecule has 2 aromatic rings. The van der Waals surface area contributed by atoms with Gasteiger partial charge in [0.25, 0.3) is 0 Å². The van der Waals surface area contributed by atoms with Gasteiger partial charge in [-0.25, -0.2) is 13.8 Å². The molecule has 1 unspecified atom stereocenters. The van der Waals surface area contributed by atoms with E-state index in [1.807, 2.05) is 6.92 Å². The van der Waals surface area contributed by atoms with Gasteiger partial charge in [-0.05, 0) is 18.6 Å². The Morgan fingerprint density at radius 1 is 1.39 bits per heavy atom. The van der Waals surface area contributed by atoms with E-state index in [1.165, 1.54) is 18.3 Å². The van der Waals surface area contributed by atoms with Gasteiger partial charge in [0, 0.05) is 5.56 Å². The maximum Gasteiger partial charge on any atom is 0.168 e. The number of benzene rings is 1. The molecule has 1 aromatic heterocycles. The Hall–Kier alpha value is -1.75. The molecule has 0 saturated carbocycles. The van der Waals surface area contributed by atoms with E-state index < -0.39 is 11.6 Å². The van der Waals surface area contributed by atoms with Crippen LogP contribution in [0.5, 0.6) is 0 Å². The number of hydrogen-bond donors (Lipinski definition) is 2. The van der Waals surface area contributed by atoms with Crippen LogP contribution >= 0.6 is 0 Å². The van der Waals surface area contributed by atoms with Crippen molar-refractivity contribution in [2.45, 2.75) is 25.8 Å². The summed E-state index contributed by atoms with van der Waals surface area (Å²) in [6.07, 6.45) is 3.20. The van der Waals surface area contributed by atoms with Crippen molar-refractivity contribution in [1.82, 2.24) is 9.97 Å². The minimum atomic E-state index is -0.878. The predicted octanol–water partition coefficient (Wildman–Crippen LogP) is 3.15. The Morgan fingerprint density at radius 3 is 2.89 bits per heavy atom. The van der Waals surface area contributed by atoms with Crippen molar-refractivity contribution >= 4 is 0 Å². The fraction of sp³-hybridized carbons (Fsp3) is 0.308. The molecule has 0 radical (unpaired) electrons. The van der Waals surface area contributed by atoms with E-state index in [2.05, 4.69) is 9.97 Å². The van der Waals surface area contributed by atoms with Gasteiger partial charge in [-0.1, -0.05) is 19.4 Å². The summed E-state index contributed by atoms with van der Waals surface area (Å²) in [4.78, 5) is 7.05. The standard InChI is InChI=1S/C13H15F2N3/c1-2-4-10(16)13-17-7-11(18-13)8-5-3-6-9(14)12(8)15/h3,5-7,10H,2,4,16H2,1H3,(H,17,18). The summed E-state index contributed by atoms with van der Waals surface area (Å²) < 4.78 is 26.7. The zero-order valence-corrected chi connectivity index (χ0v) is 10.1. The zero-order valence-electron chi connectivity index (χ0n) is 10.1. The lowest BCUT2D eigenvalue weighted by molar-refractivity contribution is 0.511. The smallest absolute Gasteiger partial charge is 0.168 e. The summed E-state index contributed by atoms with van der Waals surface area (Å²) in [6.45, 7) is 2.02. The van der Waals surface area contributed by atoms with E-state index in [0.29, 0.717) is 11.5 Å². The molecular weight excluding hydrogens is 236 g/mol. The third-order valence-electron chi connectivity index (χ3n) is 2.79. The second-order valence-electron chi connectivity index (χ2n) is 4.18. The number of aromatic nitrogens is 2. The van der Waals surface area contributed by atoms with E-state index in [4.69, 9.17) is 5.73 Å². The molecule has 3 N–H and O–H groups in total. The number of nitrogens with two attached hydrogens (primary N) is 1. The highest BCUT2D eigenvalue weighted by atomic mass is 19.2. The normalized spacial score (nSPS) is 12.7. The number of H-pyrrole nitrogens is 1. The van der Waals surface area contributed by atoms with Crippen LogP contribution in [0.4, 0.5) is 8.78 Å². The van der Waals surface area contributed by atoms with Crippen molar-refractivity contribution in [2.75, 3.05) is 0 Å². The van der Waals surface area contributed by atoms with Crippen molar-refractivity contribution in [3.8, 4) is 11.3 Å². The van der Waals surface area contributed by atoms with E-state index in [1.54, 1.807) is 0 Å². The largest absolute Gasteiger partial charge is 0.341 e. The first-order chi connectivity index (χ1) is 8.63. The van der Waals surface area contributed by atoms with Crippen LogP contribution < -0.4 is 5.73 Å². The molecule has 0 fully saturated rings. The molecule has 1 aromatic carbocycles. The van der Waals surface area contributed by atoms with Gasteiger partial charge in [0.2, 0.25) is 0 Å². The van der Waals surface area contributed by atoms with Crippen LogP contribution in [0.2, 0.25) is 0 Å². The Balaban J connectivity index is 2.32. The average Bonchev–Trinajstić information content (AvgIpc) is 2.82. The average molecular weight is 251 g/mol. The molecule has 96 valence electrons. The van der Waals surface area contributed by atoms with Gasteiger partial charge in [0.05, 0.1) is 17.9 Å². The van der Waals surface area contributed by atoms with Crippen LogP contribution in [-0.4, -0.2) is 9.97 Å². The molecule has 0 aliphatic heterocycles. The minimum Gasteiger partial charge on any atom is -0.341 e. The molecule has 0 aliphatic rings. The maximum atomic E-state index is 13.6. The van der Waals surface area contributed by atoms with Gasteiger partial charge >= 0.3 is 0 Å². The molecule has 0 aliphatic carbocycles. The van der Waals surface area contributed by atoms with Gasteiger partial charge in [0.15, 0.2) is 11.6 Å². The first kappa shape index (κ1) is 12.7. The number of nitrogens with zero attached hydrogens (tertiary/aromatic N) is 1. The van der Waals surface area contributed by atoms with Crippen LogP contribution in [-0.2, 0) is 0 Å². The summed E-state index contributed by atoms with van der Waals surface area (Å²) in [5.41, 5.74) is 6.51. The Bertz CT molecular complexity index is 537. The summed E-state index contributed by atoms with van der Waals surface area (Å²) in [5.74, 6) is -1.16. The van der Waals surface area contributed by atoms with Crippen LogP contribution in [0.3, 0.4) is 0 Å². The van der Waals surface area contributed by atoms with Crippen molar-refractivity contribution < 1.29 is 8.78 Å². The molecule has 0 bridgehead atoms.